The minimum atomic E-state index is 0. The molecule has 2 N–H and O–H groups in total. The van der Waals surface area contributed by atoms with Crippen LogP contribution in [0.25, 0.3) is 0 Å². The number of nitrogens with zero attached hydrogens (tertiary/aromatic N) is 2. The molecular formula is C12H25Cl2N3S. The highest BCUT2D eigenvalue weighted by molar-refractivity contribution is 7.09. The molecule has 1 rings (SSSR count). The summed E-state index contributed by atoms with van der Waals surface area (Å²) >= 11 is 1.75. The van der Waals surface area contributed by atoms with Gasteiger partial charge in [-0.2, -0.15) is 0 Å². The molecule has 0 spiro atoms. The molecule has 0 aliphatic heterocycles. The lowest BCUT2D eigenvalue weighted by Gasteiger charge is -2.28. The van der Waals surface area contributed by atoms with Crippen molar-refractivity contribution in [2.45, 2.75) is 27.2 Å². The number of halogens is 2. The van der Waals surface area contributed by atoms with Gasteiger partial charge in [0.05, 0.1) is 11.2 Å². The Bertz CT molecular complexity index is 329. The lowest BCUT2D eigenvalue weighted by molar-refractivity contribution is 0.218. The average Bonchev–Trinajstić information content (AvgIpc) is 2.60. The minimum Gasteiger partial charge on any atom is -0.330 e. The monoisotopic (exact) mass is 313 g/mol. The van der Waals surface area contributed by atoms with Crippen molar-refractivity contribution in [1.29, 1.82) is 0 Å². The number of likely N-dealkylation sites (N-methyl/N-ethyl adjacent to an activating group) is 1. The standard InChI is InChI=1S/C12H23N3S.2ClH/c1-10-11(16-9-14-10)5-6-15(4)8-12(2,3)7-13;;/h9H,5-8,13H2,1-4H3;2*1H. The van der Waals surface area contributed by atoms with Crippen LogP contribution in [0.5, 0.6) is 0 Å². The van der Waals surface area contributed by atoms with Crippen molar-refractivity contribution >= 4 is 36.2 Å². The van der Waals surface area contributed by atoms with Gasteiger partial charge in [-0.3, -0.25) is 0 Å². The van der Waals surface area contributed by atoms with Crippen molar-refractivity contribution < 1.29 is 0 Å². The molecule has 0 amide bonds. The number of hydrogen-bond donors (Lipinski definition) is 1. The predicted octanol–water partition coefficient (Wildman–Crippen LogP) is 2.75. The summed E-state index contributed by atoms with van der Waals surface area (Å²) in [6.45, 7) is 9.35. The summed E-state index contributed by atoms with van der Waals surface area (Å²) in [7, 11) is 2.16. The quantitative estimate of drug-likeness (QED) is 0.878. The zero-order chi connectivity index (χ0) is 12.2. The number of hydrogen-bond acceptors (Lipinski definition) is 4. The maximum Gasteiger partial charge on any atom is 0.0797 e. The summed E-state index contributed by atoms with van der Waals surface area (Å²) in [6.07, 6.45) is 1.09. The Hall–Kier alpha value is 0.130. The molecule has 0 aromatic carbocycles. The molecule has 1 heterocycles. The van der Waals surface area contributed by atoms with Gasteiger partial charge in [-0.1, -0.05) is 13.8 Å². The van der Waals surface area contributed by atoms with Gasteiger partial charge in [0.1, 0.15) is 0 Å². The van der Waals surface area contributed by atoms with Crippen LogP contribution >= 0.6 is 36.2 Å². The van der Waals surface area contributed by atoms with Crippen LogP contribution < -0.4 is 5.73 Å². The van der Waals surface area contributed by atoms with Crippen molar-refractivity contribution in [2.75, 3.05) is 26.7 Å². The molecule has 108 valence electrons. The van der Waals surface area contributed by atoms with Gasteiger partial charge in [0.2, 0.25) is 0 Å². The molecule has 0 fully saturated rings. The molecule has 3 nitrogen and oxygen atoms in total. The SMILES string of the molecule is Cc1ncsc1CCN(C)CC(C)(C)CN.Cl.Cl. The number of aromatic nitrogens is 1. The van der Waals surface area contributed by atoms with E-state index < -0.39 is 0 Å². The Balaban J connectivity index is 0. The molecule has 0 saturated carbocycles. The Morgan fingerprint density at radius 2 is 2.00 bits per heavy atom. The molecule has 1 aromatic heterocycles. The van der Waals surface area contributed by atoms with Gasteiger partial charge in [0.15, 0.2) is 0 Å². The van der Waals surface area contributed by atoms with Crippen molar-refractivity contribution in [3.05, 3.63) is 16.1 Å². The van der Waals surface area contributed by atoms with Crippen molar-refractivity contribution in [1.82, 2.24) is 9.88 Å². The topological polar surface area (TPSA) is 42.2 Å². The third-order valence-corrected chi connectivity index (χ3v) is 3.81. The van der Waals surface area contributed by atoms with Crippen LogP contribution in [0.4, 0.5) is 0 Å². The summed E-state index contributed by atoms with van der Waals surface area (Å²) in [5, 5.41) is 0. The Kier molecular flexibility index (Phi) is 10.3. The zero-order valence-electron chi connectivity index (χ0n) is 11.6. The van der Waals surface area contributed by atoms with E-state index in [1.807, 2.05) is 5.51 Å². The largest absolute Gasteiger partial charge is 0.330 e. The summed E-state index contributed by atoms with van der Waals surface area (Å²) in [5.41, 5.74) is 9.04. The third kappa shape index (κ3) is 6.90. The van der Waals surface area contributed by atoms with E-state index in [2.05, 4.69) is 37.7 Å². The van der Waals surface area contributed by atoms with E-state index in [1.165, 1.54) is 10.6 Å². The highest BCUT2D eigenvalue weighted by Gasteiger charge is 2.17. The third-order valence-electron chi connectivity index (χ3n) is 2.82. The van der Waals surface area contributed by atoms with Gasteiger partial charge in [0.25, 0.3) is 0 Å². The van der Waals surface area contributed by atoms with E-state index >= 15 is 0 Å². The van der Waals surface area contributed by atoms with E-state index in [-0.39, 0.29) is 30.2 Å². The van der Waals surface area contributed by atoms with Crippen LogP contribution in [0.15, 0.2) is 5.51 Å². The molecular weight excluding hydrogens is 289 g/mol. The van der Waals surface area contributed by atoms with Crippen LogP contribution in [0.1, 0.15) is 24.4 Å². The Morgan fingerprint density at radius 3 is 2.44 bits per heavy atom. The zero-order valence-corrected chi connectivity index (χ0v) is 14.1. The van der Waals surface area contributed by atoms with Crippen LogP contribution in [0, 0.1) is 12.3 Å². The summed E-state index contributed by atoms with van der Waals surface area (Å²) < 4.78 is 0. The maximum absolute atomic E-state index is 5.73. The molecule has 0 unspecified atom stereocenters. The normalized spacial score (nSPS) is 11.0. The number of aryl methyl sites for hydroxylation is 1. The highest BCUT2D eigenvalue weighted by atomic mass is 35.5. The number of thiazole rings is 1. The second-order valence-electron chi connectivity index (χ2n) is 5.22. The van der Waals surface area contributed by atoms with Gasteiger partial charge in [0, 0.05) is 18.0 Å². The second kappa shape index (κ2) is 9.10. The summed E-state index contributed by atoms with van der Waals surface area (Å²) in [4.78, 5) is 8.02. The maximum atomic E-state index is 5.73. The first-order valence-corrected chi connectivity index (χ1v) is 6.60. The molecule has 0 atom stereocenters. The van der Waals surface area contributed by atoms with Crippen LogP contribution in [0.3, 0.4) is 0 Å². The summed E-state index contributed by atoms with van der Waals surface area (Å²) in [6, 6.07) is 0. The Labute approximate surface area is 127 Å². The fourth-order valence-electron chi connectivity index (χ4n) is 1.73. The van der Waals surface area contributed by atoms with Crippen molar-refractivity contribution in [3.8, 4) is 0 Å². The molecule has 0 radical (unpaired) electrons. The van der Waals surface area contributed by atoms with Crippen LogP contribution in [0.2, 0.25) is 0 Å². The highest BCUT2D eigenvalue weighted by Crippen LogP contribution is 2.16. The first-order valence-electron chi connectivity index (χ1n) is 5.72. The molecule has 6 heteroatoms. The van der Waals surface area contributed by atoms with Crippen LogP contribution in [-0.4, -0.2) is 36.6 Å². The average molecular weight is 314 g/mol. The Morgan fingerprint density at radius 1 is 1.39 bits per heavy atom. The van der Waals surface area contributed by atoms with E-state index in [0.29, 0.717) is 0 Å². The molecule has 0 aliphatic carbocycles. The second-order valence-corrected chi connectivity index (χ2v) is 6.16. The van der Waals surface area contributed by atoms with Crippen molar-refractivity contribution in [3.63, 3.8) is 0 Å². The van der Waals surface area contributed by atoms with Crippen molar-refractivity contribution in [2.24, 2.45) is 11.1 Å². The van der Waals surface area contributed by atoms with E-state index in [1.54, 1.807) is 11.3 Å². The van der Waals surface area contributed by atoms with E-state index in [9.17, 15) is 0 Å². The molecule has 18 heavy (non-hydrogen) atoms. The predicted molar refractivity (Wildman–Crippen MR) is 85.4 cm³/mol. The van der Waals surface area contributed by atoms with Gasteiger partial charge >= 0.3 is 0 Å². The number of nitrogens with two attached hydrogens (primary N) is 1. The molecule has 0 aliphatic rings. The molecule has 1 aromatic rings. The first kappa shape index (κ1) is 20.4. The van der Waals surface area contributed by atoms with Gasteiger partial charge in [-0.05, 0) is 32.4 Å². The van der Waals surface area contributed by atoms with Gasteiger partial charge in [-0.25, -0.2) is 4.98 Å². The van der Waals surface area contributed by atoms with Gasteiger partial charge < -0.3 is 10.6 Å². The fraction of sp³-hybridized carbons (Fsp3) is 0.750. The first-order chi connectivity index (χ1) is 7.44. The van der Waals surface area contributed by atoms with E-state index in [0.717, 1.165) is 26.1 Å². The molecule has 0 saturated heterocycles. The lowest BCUT2D eigenvalue weighted by Crippen LogP contribution is -2.37. The van der Waals surface area contributed by atoms with Crippen LogP contribution in [-0.2, 0) is 6.42 Å². The minimum absolute atomic E-state index is 0. The molecule has 0 bridgehead atoms. The number of rotatable bonds is 6. The lowest BCUT2D eigenvalue weighted by atomic mass is 9.93. The smallest absolute Gasteiger partial charge is 0.0797 e. The van der Waals surface area contributed by atoms with Gasteiger partial charge in [-0.15, -0.1) is 36.2 Å². The van der Waals surface area contributed by atoms with E-state index in [4.69, 9.17) is 5.73 Å². The summed E-state index contributed by atoms with van der Waals surface area (Å²) in [5.74, 6) is 0. The fourth-order valence-corrected chi connectivity index (χ4v) is 2.50.